The van der Waals surface area contributed by atoms with E-state index >= 15 is 0 Å². The van der Waals surface area contributed by atoms with Crippen molar-refractivity contribution in [3.05, 3.63) is 23.8 Å². The number of fused-ring (bicyclic) bond motifs is 4. The molecular weight excluding hydrogens is 356 g/mol. The maximum absolute atomic E-state index is 13.1. The summed E-state index contributed by atoms with van der Waals surface area (Å²) in [5.41, 5.74) is 1.89. The van der Waals surface area contributed by atoms with Crippen molar-refractivity contribution >= 4 is 23.0 Å². The standard InChI is InChI=1S/C21H28N4O3/c1-13-11-27-12-14(2)25(13)21-23-19-16(4-3-5-18(19)28-21)20(26)22-17-10-24-8-6-15(17)7-9-24/h3-5,13-15,17H,6-12H2,1-2H3,(H,22,26)/t13-,14-,17+/m0/s1. The molecule has 4 saturated heterocycles. The highest BCUT2D eigenvalue weighted by Gasteiger charge is 2.35. The van der Waals surface area contributed by atoms with Gasteiger partial charge in [0.15, 0.2) is 5.58 Å². The number of nitrogens with zero attached hydrogens (tertiary/aromatic N) is 3. The van der Waals surface area contributed by atoms with E-state index in [0.29, 0.717) is 41.8 Å². The predicted molar refractivity (Wildman–Crippen MR) is 107 cm³/mol. The average Bonchev–Trinajstić information content (AvgIpc) is 3.12. The van der Waals surface area contributed by atoms with E-state index in [1.54, 1.807) is 0 Å². The van der Waals surface area contributed by atoms with Crippen molar-refractivity contribution in [2.45, 2.75) is 44.8 Å². The molecule has 1 amide bonds. The number of carbonyl (C=O) groups excluding carboxylic acids is 1. The Morgan fingerprint density at radius 3 is 2.61 bits per heavy atom. The lowest BCUT2D eigenvalue weighted by Gasteiger charge is -2.44. The van der Waals surface area contributed by atoms with Gasteiger partial charge in [0.05, 0.1) is 30.9 Å². The Morgan fingerprint density at radius 2 is 1.93 bits per heavy atom. The Balaban J connectivity index is 1.42. The number of rotatable bonds is 3. The SMILES string of the molecule is C[C@H]1COC[C@H](C)N1c1nc2c(C(=O)N[C@@H]3CN4CCC3CC4)cccc2o1. The van der Waals surface area contributed by atoms with Crippen LogP contribution in [0.2, 0.25) is 0 Å². The third-order valence-electron chi connectivity index (χ3n) is 6.51. The monoisotopic (exact) mass is 384 g/mol. The molecule has 2 aromatic rings. The Kier molecular flexibility index (Phi) is 4.51. The number of piperidine rings is 3. The van der Waals surface area contributed by atoms with Crippen LogP contribution in [0.25, 0.3) is 11.1 Å². The molecule has 0 aliphatic carbocycles. The number of nitrogens with one attached hydrogen (secondary N) is 1. The van der Waals surface area contributed by atoms with Crippen LogP contribution >= 0.6 is 0 Å². The minimum absolute atomic E-state index is 0.0488. The fraction of sp³-hybridized carbons (Fsp3) is 0.619. The molecule has 4 aliphatic heterocycles. The van der Waals surface area contributed by atoms with Crippen molar-refractivity contribution in [1.29, 1.82) is 0 Å². The third-order valence-corrected chi connectivity index (χ3v) is 6.51. The molecule has 7 heteroatoms. The minimum atomic E-state index is -0.0488. The number of benzene rings is 1. The second-order valence-corrected chi connectivity index (χ2v) is 8.51. The molecule has 1 aromatic heterocycles. The molecule has 4 fully saturated rings. The summed E-state index contributed by atoms with van der Waals surface area (Å²) in [6.45, 7) is 8.78. The van der Waals surface area contributed by atoms with Crippen LogP contribution in [0.3, 0.4) is 0 Å². The first-order valence-electron chi connectivity index (χ1n) is 10.4. The molecule has 4 aliphatic rings. The van der Waals surface area contributed by atoms with Crippen molar-refractivity contribution in [3.8, 4) is 0 Å². The maximum Gasteiger partial charge on any atom is 0.299 e. The van der Waals surface area contributed by atoms with E-state index in [9.17, 15) is 4.79 Å². The summed E-state index contributed by atoms with van der Waals surface area (Å²) in [7, 11) is 0. The highest BCUT2D eigenvalue weighted by atomic mass is 16.5. The van der Waals surface area contributed by atoms with Gasteiger partial charge in [-0.25, -0.2) is 0 Å². The van der Waals surface area contributed by atoms with Gasteiger partial charge in [0.25, 0.3) is 11.9 Å². The van der Waals surface area contributed by atoms with Gasteiger partial charge in [-0.2, -0.15) is 4.98 Å². The molecular formula is C21H28N4O3. The van der Waals surface area contributed by atoms with Crippen LogP contribution in [0.5, 0.6) is 0 Å². The lowest BCUT2D eigenvalue weighted by atomic mass is 9.84. The van der Waals surface area contributed by atoms with Gasteiger partial charge in [-0.3, -0.25) is 4.79 Å². The maximum atomic E-state index is 13.1. The van der Waals surface area contributed by atoms with E-state index < -0.39 is 0 Å². The lowest BCUT2D eigenvalue weighted by molar-refractivity contribution is 0.0621. The van der Waals surface area contributed by atoms with Crippen LogP contribution in [-0.4, -0.2) is 66.8 Å². The van der Waals surface area contributed by atoms with Gasteiger partial charge >= 0.3 is 0 Å². The number of oxazole rings is 1. The molecule has 2 bridgehead atoms. The predicted octanol–water partition coefficient (Wildman–Crippen LogP) is 2.27. The molecule has 1 N–H and O–H groups in total. The van der Waals surface area contributed by atoms with Gasteiger partial charge in [-0.1, -0.05) is 6.07 Å². The average molecular weight is 384 g/mol. The van der Waals surface area contributed by atoms with Gasteiger partial charge in [0, 0.05) is 12.6 Å². The summed E-state index contributed by atoms with van der Waals surface area (Å²) in [6, 6.07) is 6.76. The number of para-hydroxylation sites is 1. The number of carbonyl (C=O) groups is 1. The molecule has 0 saturated carbocycles. The second-order valence-electron chi connectivity index (χ2n) is 8.51. The van der Waals surface area contributed by atoms with Crippen LogP contribution in [-0.2, 0) is 4.74 Å². The summed E-state index contributed by atoms with van der Waals surface area (Å²) in [6.07, 6.45) is 2.35. The molecule has 0 spiro atoms. The summed E-state index contributed by atoms with van der Waals surface area (Å²) in [5, 5.41) is 3.27. The van der Waals surface area contributed by atoms with Crippen LogP contribution in [0.4, 0.5) is 6.01 Å². The molecule has 0 unspecified atom stereocenters. The zero-order valence-electron chi connectivity index (χ0n) is 16.6. The van der Waals surface area contributed by atoms with Crippen molar-refractivity contribution in [3.63, 3.8) is 0 Å². The Labute approximate surface area is 165 Å². The molecule has 6 rings (SSSR count). The third kappa shape index (κ3) is 3.06. The number of ether oxygens (including phenoxy) is 1. The molecule has 7 nitrogen and oxygen atoms in total. The number of aromatic nitrogens is 1. The smallest absolute Gasteiger partial charge is 0.299 e. The number of hydrogen-bond donors (Lipinski definition) is 1. The van der Waals surface area contributed by atoms with Crippen molar-refractivity contribution in [2.75, 3.05) is 37.7 Å². The largest absolute Gasteiger partial charge is 0.423 e. The Morgan fingerprint density at radius 1 is 1.18 bits per heavy atom. The molecule has 5 heterocycles. The number of hydrogen-bond acceptors (Lipinski definition) is 6. The number of amides is 1. The zero-order chi connectivity index (χ0) is 19.3. The normalized spacial score (nSPS) is 32.6. The van der Waals surface area contributed by atoms with Crippen molar-refractivity contribution in [1.82, 2.24) is 15.2 Å². The fourth-order valence-electron chi connectivity index (χ4n) is 4.99. The topological polar surface area (TPSA) is 70.8 Å². The Bertz CT molecular complexity index is 864. The van der Waals surface area contributed by atoms with Gasteiger partial charge in [0.2, 0.25) is 0 Å². The zero-order valence-corrected chi connectivity index (χ0v) is 16.6. The lowest BCUT2D eigenvalue weighted by Crippen LogP contribution is -2.57. The molecule has 3 atom stereocenters. The summed E-state index contributed by atoms with van der Waals surface area (Å²) in [4.78, 5) is 22.4. The molecule has 150 valence electrons. The van der Waals surface area contributed by atoms with E-state index in [4.69, 9.17) is 14.1 Å². The fourth-order valence-corrected chi connectivity index (χ4v) is 4.99. The van der Waals surface area contributed by atoms with Crippen LogP contribution in [0.1, 0.15) is 37.0 Å². The molecule has 1 aromatic carbocycles. The van der Waals surface area contributed by atoms with Crippen LogP contribution < -0.4 is 10.2 Å². The van der Waals surface area contributed by atoms with Crippen LogP contribution in [0, 0.1) is 5.92 Å². The van der Waals surface area contributed by atoms with Gasteiger partial charge in [-0.05, 0) is 57.8 Å². The van der Waals surface area contributed by atoms with E-state index in [2.05, 4.69) is 29.0 Å². The van der Waals surface area contributed by atoms with E-state index in [1.807, 2.05) is 18.2 Å². The van der Waals surface area contributed by atoms with Crippen LogP contribution in [0.15, 0.2) is 22.6 Å². The minimum Gasteiger partial charge on any atom is -0.423 e. The quantitative estimate of drug-likeness (QED) is 0.875. The van der Waals surface area contributed by atoms with Crippen molar-refractivity contribution in [2.24, 2.45) is 5.92 Å². The first-order chi connectivity index (χ1) is 13.6. The Hall–Kier alpha value is -2.12. The summed E-state index contributed by atoms with van der Waals surface area (Å²) in [5.74, 6) is 0.545. The van der Waals surface area contributed by atoms with E-state index in [1.165, 1.54) is 12.8 Å². The summed E-state index contributed by atoms with van der Waals surface area (Å²) >= 11 is 0. The molecule has 0 radical (unpaired) electrons. The van der Waals surface area contributed by atoms with E-state index in [-0.39, 0.29) is 24.0 Å². The van der Waals surface area contributed by atoms with Gasteiger partial charge in [0.1, 0.15) is 5.52 Å². The van der Waals surface area contributed by atoms with Crippen molar-refractivity contribution < 1.29 is 13.9 Å². The first kappa shape index (κ1) is 17.9. The molecule has 28 heavy (non-hydrogen) atoms. The highest BCUT2D eigenvalue weighted by molar-refractivity contribution is 6.04. The number of morpholine rings is 1. The highest BCUT2D eigenvalue weighted by Crippen LogP contribution is 2.30. The van der Waals surface area contributed by atoms with E-state index in [0.717, 1.165) is 19.6 Å². The number of anilines is 1. The summed E-state index contributed by atoms with van der Waals surface area (Å²) < 4.78 is 11.7. The van der Waals surface area contributed by atoms with Gasteiger partial charge < -0.3 is 24.3 Å². The van der Waals surface area contributed by atoms with Gasteiger partial charge in [-0.15, -0.1) is 0 Å². The second kappa shape index (κ2) is 7.04. The first-order valence-corrected chi connectivity index (χ1v) is 10.4.